The Labute approximate surface area is 185 Å². The minimum Gasteiger partial charge on any atom is -0.490 e. The zero-order chi connectivity index (χ0) is 22.2. The van der Waals surface area contributed by atoms with Crippen molar-refractivity contribution in [1.29, 1.82) is 5.26 Å². The summed E-state index contributed by atoms with van der Waals surface area (Å²) in [6, 6.07) is 12.9. The molecule has 0 fully saturated rings. The normalized spacial score (nSPS) is 15.6. The molecule has 1 heterocycles. The van der Waals surface area contributed by atoms with Gasteiger partial charge in [0, 0.05) is 17.2 Å². The molecule has 10 heteroatoms. The van der Waals surface area contributed by atoms with Crippen molar-refractivity contribution in [3.63, 3.8) is 0 Å². The number of benzene rings is 2. The maximum atomic E-state index is 11.5. The van der Waals surface area contributed by atoms with Crippen molar-refractivity contribution in [3.8, 4) is 33.8 Å². The molecule has 3 N–H and O–H groups in total. The van der Waals surface area contributed by atoms with Crippen molar-refractivity contribution >= 4 is 21.7 Å². The molecule has 0 saturated heterocycles. The summed E-state index contributed by atoms with van der Waals surface area (Å²) in [5, 5.41) is 15.4. The lowest BCUT2D eigenvalue weighted by atomic mass is 10.0. The molecule has 0 saturated carbocycles. The third-order valence-electron chi connectivity index (χ3n) is 4.95. The molecule has 8 nitrogen and oxygen atoms in total. The Balaban J connectivity index is 1.66. The maximum Gasteiger partial charge on any atom is 0.274 e. The highest BCUT2D eigenvalue weighted by Gasteiger charge is 2.28. The van der Waals surface area contributed by atoms with Gasteiger partial charge in [0.25, 0.3) is 10.2 Å². The smallest absolute Gasteiger partial charge is 0.274 e. The first-order valence-corrected chi connectivity index (χ1v) is 12.0. The lowest BCUT2D eigenvalue weighted by Crippen LogP contribution is -2.33. The Bertz CT molecular complexity index is 1280. The molecule has 160 valence electrons. The number of hydrogen-bond acceptors (Lipinski definition) is 7. The van der Waals surface area contributed by atoms with Crippen LogP contribution in [0.3, 0.4) is 0 Å². The Morgan fingerprint density at radius 1 is 1.32 bits per heavy atom. The van der Waals surface area contributed by atoms with Gasteiger partial charge in [0.2, 0.25) is 0 Å². The molecule has 1 aromatic heterocycles. The molecule has 1 atom stereocenters. The van der Waals surface area contributed by atoms with Gasteiger partial charge in [-0.05, 0) is 67.5 Å². The number of aromatic nitrogens is 2. The Morgan fingerprint density at radius 3 is 2.84 bits per heavy atom. The van der Waals surface area contributed by atoms with Gasteiger partial charge in [-0.1, -0.05) is 18.2 Å². The molecule has 4 rings (SSSR count). The van der Waals surface area contributed by atoms with Crippen molar-refractivity contribution in [3.05, 3.63) is 53.1 Å². The van der Waals surface area contributed by atoms with Crippen LogP contribution in [0.5, 0.6) is 5.75 Å². The summed E-state index contributed by atoms with van der Waals surface area (Å²) in [5.41, 5.74) is 4.05. The van der Waals surface area contributed by atoms with Gasteiger partial charge in [-0.25, -0.2) is 10.1 Å². The standard InChI is InChI=1S/C21H21N5O3S2/c1-12(2)29-19-9-6-13(10-14(19)11-22)20-24-21(30-25-20)17-5-3-4-16-15(17)7-8-18(16)26-31(23,27)28/h3-6,9-10,12,18,26H,7-8H2,1-2H3,(H2,23,27,28). The maximum absolute atomic E-state index is 11.5. The van der Waals surface area contributed by atoms with E-state index >= 15 is 0 Å². The molecular formula is C21H21N5O3S2. The van der Waals surface area contributed by atoms with Crippen LogP contribution in [0, 0.1) is 11.3 Å². The van der Waals surface area contributed by atoms with Crippen molar-refractivity contribution < 1.29 is 13.2 Å². The van der Waals surface area contributed by atoms with Gasteiger partial charge in [-0.3, -0.25) is 0 Å². The molecule has 0 bridgehead atoms. The van der Waals surface area contributed by atoms with Crippen LogP contribution < -0.4 is 14.6 Å². The lowest BCUT2D eigenvalue weighted by Gasteiger charge is -2.12. The summed E-state index contributed by atoms with van der Waals surface area (Å²) < 4.78 is 35.6. The second-order valence-electron chi connectivity index (χ2n) is 7.54. The molecule has 1 aliphatic rings. The molecule has 0 radical (unpaired) electrons. The lowest BCUT2D eigenvalue weighted by molar-refractivity contribution is 0.242. The number of nitrogens with zero attached hydrogens (tertiary/aromatic N) is 3. The van der Waals surface area contributed by atoms with Crippen LogP contribution >= 0.6 is 11.5 Å². The van der Waals surface area contributed by atoms with E-state index < -0.39 is 10.2 Å². The third-order valence-corrected chi connectivity index (χ3v) is 6.32. The van der Waals surface area contributed by atoms with E-state index in [1.807, 2.05) is 38.1 Å². The summed E-state index contributed by atoms with van der Waals surface area (Å²) >= 11 is 1.27. The van der Waals surface area contributed by atoms with Gasteiger partial charge < -0.3 is 4.74 Å². The molecule has 2 aromatic carbocycles. The predicted molar refractivity (Wildman–Crippen MR) is 119 cm³/mol. The highest BCUT2D eigenvalue weighted by molar-refractivity contribution is 7.87. The number of nitrogens with two attached hydrogens (primary N) is 1. The van der Waals surface area contributed by atoms with Gasteiger partial charge in [-0.2, -0.15) is 22.8 Å². The van der Waals surface area contributed by atoms with Crippen LogP contribution in [0.15, 0.2) is 36.4 Å². The fraction of sp³-hybridized carbons (Fsp3) is 0.286. The molecule has 0 amide bonds. The number of fused-ring (bicyclic) bond motifs is 1. The van der Waals surface area contributed by atoms with Crippen molar-refractivity contribution in [2.24, 2.45) is 5.14 Å². The van der Waals surface area contributed by atoms with E-state index in [0.29, 0.717) is 30.0 Å². The van der Waals surface area contributed by atoms with Gasteiger partial charge >= 0.3 is 0 Å². The average molecular weight is 456 g/mol. The predicted octanol–water partition coefficient (Wildman–Crippen LogP) is 3.31. The number of nitriles is 1. The van der Waals surface area contributed by atoms with Gasteiger partial charge in [0.05, 0.1) is 11.7 Å². The minimum atomic E-state index is -3.79. The Kier molecular flexibility index (Phi) is 5.77. The summed E-state index contributed by atoms with van der Waals surface area (Å²) in [7, 11) is -3.79. The first kappa shape index (κ1) is 21.4. The van der Waals surface area contributed by atoms with Crippen molar-refractivity contribution in [2.45, 2.75) is 38.8 Å². The SMILES string of the molecule is CC(C)Oc1ccc(-c2nsc(-c3cccc4c3CCC4NS(N)(=O)=O)n2)cc1C#N. The highest BCUT2D eigenvalue weighted by atomic mass is 32.2. The zero-order valence-corrected chi connectivity index (χ0v) is 18.6. The van der Waals surface area contributed by atoms with Crippen LogP contribution in [0.1, 0.15) is 43.0 Å². The monoisotopic (exact) mass is 455 g/mol. The largest absolute Gasteiger partial charge is 0.490 e. The van der Waals surface area contributed by atoms with Gasteiger partial charge in [0.15, 0.2) is 5.82 Å². The quantitative estimate of drug-likeness (QED) is 0.586. The van der Waals surface area contributed by atoms with E-state index in [1.54, 1.807) is 12.1 Å². The van der Waals surface area contributed by atoms with E-state index in [-0.39, 0.29) is 12.1 Å². The van der Waals surface area contributed by atoms with Crippen molar-refractivity contribution in [1.82, 2.24) is 14.1 Å². The minimum absolute atomic E-state index is 0.0327. The fourth-order valence-electron chi connectivity index (χ4n) is 3.74. The molecule has 3 aromatic rings. The van der Waals surface area contributed by atoms with E-state index in [9.17, 15) is 13.7 Å². The van der Waals surface area contributed by atoms with Crippen LogP contribution in [0.4, 0.5) is 0 Å². The van der Waals surface area contributed by atoms with Gasteiger partial charge in [-0.15, -0.1) is 0 Å². The topological polar surface area (TPSA) is 131 Å². The average Bonchev–Trinajstić information content (AvgIpc) is 3.34. The molecule has 0 aliphatic heterocycles. The van der Waals surface area contributed by atoms with Crippen LogP contribution in [0.2, 0.25) is 0 Å². The second-order valence-corrected chi connectivity index (χ2v) is 9.62. The second kappa shape index (κ2) is 8.36. The Hall–Kier alpha value is -2.84. The van der Waals surface area contributed by atoms with Crippen LogP contribution in [-0.4, -0.2) is 23.9 Å². The number of nitrogens with one attached hydrogen (secondary N) is 1. The number of hydrogen-bond donors (Lipinski definition) is 2. The Morgan fingerprint density at radius 2 is 2.13 bits per heavy atom. The number of ether oxygens (including phenoxy) is 1. The number of rotatable bonds is 6. The highest BCUT2D eigenvalue weighted by Crippen LogP contribution is 2.39. The summed E-state index contributed by atoms with van der Waals surface area (Å²) in [4.78, 5) is 4.69. The third kappa shape index (κ3) is 4.60. The molecular weight excluding hydrogens is 434 g/mol. The van der Waals surface area contributed by atoms with Crippen LogP contribution in [0.25, 0.3) is 22.0 Å². The summed E-state index contributed by atoms with van der Waals surface area (Å²) in [5.74, 6) is 1.06. The van der Waals surface area contributed by atoms with E-state index in [1.165, 1.54) is 11.5 Å². The van der Waals surface area contributed by atoms with E-state index in [4.69, 9.17) is 9.88 Å². The summed E-state index contributed by atoms with van der Waals surface area (Å²) in [6.45, 7) is 3.81. The van der Waals surface area contributed by atoms with E-state index in [0.717, 1.165) is 27.3 Å². The molecule has 1 unspecified atom stereocenters. The first-order valence-electron chi connectivity index (χ1n) is 9.72. The van der Waals surface area contributed by atoms with Crippen molar-refractivity contribution in [2.75, 3.05) is 0 Å². The zero-order valence-electron chi connectivity index (χ0n) is 17.0. The molecule has 0 spiro atoms. The fourth-order valence-corrected chi connectivity index (χ4v) is 5.12. The molecule has 1 aliphatic carbocycles. The molecule has 31 heavy (non-hydrogen) atoms. The van der Waals surface area contributed by atoms with Crippen LogP contribution in [-0.2, 0) is 16.6 Å². The summed E-state index contributed by atoms with van der Waals surface area (Å²) in [6.07, 6.45) is 1.32. The van der Waals surface area contributed by atoms with E-state index in [2.05, 4.69) is 20.1 Å². The first-order chi connectivity index (χ1) is 14.7. The van der Waals surface area contributed by atoms with Gasteiger partial charge in [0.1, 0.15) is 16.8 Å².